The fourth-order valence-electron chi connectivity index (χ4n) is 2.93. The van der Waals surface area contributed by atoms with E-state index >= 15 is 0 Å². The quantitative estimate of drug-likeness (QED) is 0.825. The van der Waals surface area contributed by atoms with Crippen LogP contribution in [0.3, 0.4) is 0 Å². The van der Waals surface area contributed by atoms with E-state index in [1.54, 1.807) is 7.05 Å². The van der Waals surface area contributed by atoms with Crippen LogP contribution in [0.1, 0.15) is 26.3 Å². The van der Waals surface area contributed by atoms with Gasteiger partial charge in [0.2, 0.25) is 5.91 Å². The number of nitrogens with zero attached hydrogens (tertiary/aromatic N) is 3. The van der Waals surface area contributed by atoms with Gasteiger partial charge < -0.3 is 14.5 Å². The molecule has 6 nitrogen and oxygen atoms in total. The number of hydrogen-bond donors (Lipinski definition) is 0. The van der Waals surface area contributed by atoms with Gasteiger partial charge in [-0.25, -0.2) is 4.79 Å². The molecule has 0 unspecified atom stereocenters. The van der Waals surface area contributed by atoms with Crippen molar-refractivity contribution in [2.24, 2.45) is 0 Å². The summed E-state index contributed by atoms with van der Waals surface area (Å²) in [4.78, 5) is 31.2. The number of likely N-dealkylation sites (N-methyl/N-ethyl adjacent to an activating group) is 2. The highest BCUT2D eigenvalue weighted by Crippen LogP contribution is 2.16. The summed E-state index contributed by atoms with van der Waals surface area (Å²) in [5.41, 5.74) is 0.426. The summed E-state index contributed by atoms with van der Waals surface area (Å²) in [6.07, 6.45) is 0.00258. The fraction of sp³-hybridized carbons (Fsp3) is 0.600. The van der Waals surface area contributed by atoms with Gasteiger partial charge in [0.15, 0.2) is 0 Å². The second-order valence-corrected chi connectivity index (χ2v) is 7.93. The van der Waals surface area contributed by atoms with Gasteiger partial charge >= 0.3 is 6.09 Å². The molecular weight excluding hydrogens is 330 g/mol. The Morgan fingerprint density at radius 2 is 1.69 bits per heavy atom. The first kappa shape index (κ1) is 20.2. The van der Waals surface area contributed by atoms with Gasteiger partial charge in [-0.05, 0) is 33.4 Å². The fourth-order valence-corrected chi connectivity index (χ4v) is 2.93. The number of piperazine rings is 1. The van der Waals surface area contributed by atoms with E-state index in [1.807, 2.05) is 56.0 Å². The van der Waals surface area contributed by atoms with Crippen LogP contribution >= 0.6 is 0 Å². The summed E-state index contributed by atoms with van der Waals surface area (Å²) in [5.74, 6) is -0.0182. The van der Waals surface area contributed by atoms with Crippen LogP contribution in [0.4, 0.5) is 4.79 Å². The van der Waals surface area contributed by atoms with Gasteiger partial charge in [0.25, 0.3) is 0 Å². The number of amides is 2. The molecule has 1 aliphatic rings. The molecule has 0 aromatic heterocycles. The van der Waals surface area contributed by atoms with Crippen LogP contribution in [0, 0.1) is 0 Å². The molecule has 1 fully saturated rings. The molecule has 0 radical (unpaired) electrons. The zero-order valence-corrected chi connectivity index (χ0v) is 16.6. The summed E-state index contributed by atoms with van der Waals surface area (Å²) in [5, 5.41) is 0. The van der Waals surface area contributed by atoms with Crippen molar-refractivity contribution in [1.29, 1.82) is 0 Å². The van der Waals surface area contributed by atoms with Crippen LogP contribution in [0.2, 0.25) is 0 Å². The van der Waals surface area contributed by atoms with E-state index in [4.69, 9.17) is 4.74 Å². The lowest BCUT2D eigenvalue weighted by atomic mass is 10.0. The lowest BCUT2D eigenvalue weighted by Crippen LogP contribution is -2.55. The summed E-state index contributed by atoms with van der Waals surface area (Å²) in [6.45, 7) is 8.54. The summed E-state index contributed by atoms with van der Waals surface area (Å²) in [6, 6.07) is 9.22. The molecule has 1 aromatic rings. The van der Waals surface area contributed by atoms with E-state index in [1.165, 1.54) is 4.90 Å². The Hall–Kier alpha value is -2.08. The second-order valence-electron chi connectivity index (χ2n) is 7.93. The minimum atomic E-state index is -0.598. The standard InChI is InChI=1S/C20H31N3O3/c1-20(2,3)26-19(25)22(5)17(15-16-9-7-6-8-10-16)18(24)23-13-11-21(4)12-14-23/h6-10,17H,11-15H2,1-5H3/t17-/m1/s1. The number of hydrogen-bond acceptors (Lipinski definition) is 4. The Balaban J connectivity index is 2.17. The minimum Gasteiger partial charge on any atom is -0.444 e. The van der Waals surface area contributed by atoms with Crippen molar-refractivity contribution >= 4 is 12.0 Å². The Morgan fingerprint density at radius 3 is 2.23 bits per heavy atom. The van der Waals surface area contributed by atoms with Gasteiger partial charge in [0, 0.05) is 39.6 Å². The van der Waals surface area contributed by atoms with Gasteiger partial charge in [-0.3, -0.25) is 9.69 Å². The number of carbonyl (C=O) groups is 2. The number of ether oxygens (including phenoxy) is 1. The zero-order chi connectivity index (χ0) is 19.3. The van der Waals surface area contributed by atoms with Crippen LogP contribution in [0.5, 0.6) is 0 Å². The number of carbonyl (C=O) groups excluding carboxylic acids is 2. The molecule has 0 saturated carbocycles. The molecule has 0 aliphatic carbocycles. The van der Waals surface area contributed by atoms with E-state index in [9.17, 15) is 9.59 Å². The Bertz CT molecular complexity index is 604. The van der Waals surface area contributed by atoms with Gasteiger partial charge in [-0.2, -0.15) is 0 Å². The SMILES string of the molecule is CN1CCN(C(=O)[C@@H](Cc2ccccc2)N(C)C(=O)OC(C)(C)C)CC1. The monoisotopic (exact) mass is 361 g/mol. The molecule has 26 heavy (non-hydrogen) atoms. The van der Waals surface area contributed by atoms with E-state index in [0.717, 1.165) is 18.7 Å². The van der Waals surface area contributed by atoms with E-state index < -0.39 is 17.7 Å². The average molecular weight is 361 g/mol. The van der Waals surface area contributed by atoms with E-state index in [-0.39, 0.29) is 5.91 Å². The first-order valence-corrected chi connectivity index (χ1v) is 9.14. The molecule has 0 spiro atoms. The molecule has 1 saturated heterocycles. The van der Waals surface area contributed by atoms with Crippen molar-refractivity contribution in [3.05, 3.63) is 35.9 Å². The lowest BCUT2D eigenvalue weighted by molar-refractivity contribution is -0.138. The van der Waals surface area contributed by atoms with Crippen molar-refractivity contribution in [3.8, 4) is 0 Å². The molecule has 0 bridgehead atoms. The Kier molecular flexibility index (Phi) is 6.64. The molecule has 1 atom stereocenters. The maximum Gasteiger partial charge on any atom is 0.410 e. The normalized spacial score (nSPS) is 16.9. The lowest BCUT2D eigenvalue weighted by Gasteiger charge is -2.37. The molecule has 144 valence electrons. The third kappa shape index (κ3) is 5.73. The minimum absolute atomic E-state index is 0.0182. The largest absolute Gasteiger partial charge is 0.444 e. The smallest absolute Gasteiger partial charge is 0.410 e. The maximum absolute atomic E-state index is 13.2. The van der Waals surface area contributed by atoms with Crippen LogP contribution in [-0.4, -0.2) is 78.6 Å². The second kappa shape index (κ2) is 8.54. The molecule has 1 aromatic carbocycles. The summed E-state index contributed by atoms with van der Waals surface area (Å²) < 4.78 is 5.48. The van der Waals surface area contributed by atoms with E-state index in [0.29, 0.717) is 19.5 Å². The molecule has 1 aliphatic heterocycles. The van der Waals surface area contributed by atoms with Gasteiger partial charge in [-0.15, -0.1) is 0 Å². The number of benzene rings is 1. The predicted octanol–water partition coefficient (Wildman–Crippen LogP) is 2.24. The highest BCUT2D eigenvalue weighted by molar-refractivity contribution is 5.86. The Morgan fingerprint density at radius 1 is 1.12 bits per heavy atom. The van der Waals surface area contributed by atoms with Crippen molar-refractivity contribution in [2.45, 2.75) is 38.8 Å². The van der Waals surface area contributed by atoms with E-state index in [2.05, 4.69) is 11.9 Å². The molecule has 0 N–H and O–H groups in total. The molecule has 2 rings (SSSR count). The van der Waals surface area contributed by atoms with Crippen molar-refractivity contribution in [2.75, 3.05) is 40.3 Å². The van der Waals surface area contributed by atoms with Gasteiger partial charge in [0.1, 0.15) is 11.6 Å². The van der Waals surface area contributed by atoms with Crippen LogP contribution in [0.25, 0.3) is 0 Å². The topological polar surface area (TPSA) is 53.1 Å². The Labute approximate surface area is 156 Å². The first-order valence-electron chi connectivity index (χ1n) is 9.14. The highest BCUT2D eigenvalue weighted by Gasteiger charge is 2.34. The van der Waals surface area contributed by atoms with Crippen LogP contribution in [-0.2, 0) is 16.0 Å². The maximum atomic E-state index is 13.2. The summed E-state index contributed by atoms with van der Waals surface area (Å²) >= 11 is 0. The third-order valence-electron chi connectivity index (χ3n) is 4.52. The average Bonchev–Trinajstić information content (AvgIpc) is 2.58. The highest BCUT2D eigenvalue weighted by atomic mass is 16.6. The van der Waals surface area contributed by atoms with Gasteiger partial charge in [-0.1, -0.05) is 30.3 Å². The van der Waals surface area contributed by atoms with Crippen molar-refractivity contribution < 1.29 is 14.3 Å². The van der Waals surface area contributed by atoms with Crippen LogP contribution in [0.15, 0.2) is 30.3 Å². The first-order chi connectivity index (χ1) is 12.2. The van der Waals surface area contributed by atoms with Crippen LogP contribution < -0.4 is 0 Å². The van der Waals surface area contributed by atoms with Gasteiger partial charge in [0.05, 0.1) is 0 Å². The van der Waals surface area contributed by atoms with Crippen molar-refractivity contribution in [3.63, 3.8) is 0 Å². The summed E-state index contributed by atoms with van der Waals surface area (Å²) in [7, 11) is 3.70. The molecule has 2 amide bonds. The zero-order valence-electron chi connectivity index (χ0n) is 16.6. The molecular formula is C20H31N3O3. The predicted molar refractivity (Wildman–Crippen MR) is 102 cm³/mol. The molecule has 1 heterocycles. The number of rotatable bonds is 4. The van der Waals surface area contributed by atoms with Crippen molar-refractivity contribution in [1.82, 2.24) is 14.7 Å². The third-order valence-corrected chi connectivity index (χ3v) is 4.52. The molecule has 6 heteroatoms.